The summed E-state index contributed by atoms with van der Waals surface area (Å²) in [5, 5.41) is 0. The van der Waals surface area contributed by atoms with Crippen molar-refractivity contribution in [3.63, 3.8) is 0 Å². The van der Waals surface area contributed by atoms with Gasteiger partial charge < -0.3 is 20.1 Å². The highest BCUT2D eigenvalue weighted by Gasteiger charge is 2.26. The summed E-state index contributed by atoms with van der Waals surface area (Å²) in [5.41, 5.74) is 5.38. The predicted octanol–water partition coefficient (Wildman–Crippen LogP) is 18.6. The second-order valence-electron chi connectivity index (χ2n) is 20.2. The third-order valence-corrected chi connectivity index (χ3v) is 14.3. The van der Waals surface area contributed by atoms with Crippen LogP contribution in [0.25, 0.3) is 0 Å². The highest BCUT2D eigenvalue weighted by Crippen LogP contribution is 2.43. The van der Waals surface area contributed by atoms with Gasteiger partial charge in [0.15, 0.2) is 6.10 Å². The van der Waals surface area contributed by atoms with Gasteiger partial charge in [-0.3, -0.25) is 18.6 Å². The normalized spacial score (nSPS) is 13.2. The lowest BCUT2D eigenvalue weighted by Gasteiger charge is -2.19. The second-order valence-corrected chi connectivity index (χ2v) is 21.7. The Bertz CT molecular complexity index is 1180. The summed E-state index contributed by atoms with van der Waals surface area (Å²) in [5.74, 6) is -0.808. The average molecular weight is 997 g/mol. The van der Waals surface area contributed by atoms with Crippen molar-refractivity contribution in [1.29, 1.82) is 0 Å². The number of carbonyl (C=O) groups excluding carboxylic acids is 2. The maximum absolute atomic E-state index is 12.7. The maximum Gasteiger partial charge on any atom is 0.472 e. The van der Waals surface area contributed by atoms with E-state index in [0.29, 0.717) is 6.42 Å². The third kappa shape index (κ3) is 55.7. The van der Waals surface area contributed by atoms with E-state index in [2.05, 4.69) is 38.2 Å². The van der Waals surface area contributed by atoms with Gasteiger partial charge in [0.2, 0.25) is 0 Å². The van der Waals surface area contributed by atoms with Crippen molar-refractivity contribution in [3.8, 4) is 0 Å². The first-order valence-electron chi connectivity index (χ1n) is 29.8. The van der Waals surface area contributed by atoms with Gasteiger partial charge in [0.1, 0.15) is 6.61 Å². The molecular formula is C59H114NO8P. The molecular weight excluding hydrogens is 882 g/mol. The lowest BCUT2D eigenvalue weighted by Crippen LogP contribution is -2.29. The van der Waals surface area contributed by atoms with E-state index in [9.17, 15) is 19.0 Å². The summed E-state index contributed by atoms with van der Waals surface area (Å²) in [6, 6.07) is 0. The largest absolute Gasteiger partial charge is 0.472 e. The fourth-order valence-corrected chi connectivity index (χ4v) is 9.67. The Hall–Kier alpha value is -1.51. The Morgan fingerprint density at radius 3 is 1.10 bits per heavy atom. The molecule has 0 aromatic rings. The van der Waals surface area contributed by atoms with Crippen LogP contribution in [0.1, 0.15) is 309 Å². The molecule has 0 spiro atoms. The summed E-state index contributed by atoms with van der Waals surface area (Å²) in [4.78, 5) is 35.1. The smallest absolute Gasteiger partial charge is 0.462 e. The quantitative estimate of drug-likeness (QED) is 0.0264. The maximum atomic E-state index is 12.7. The molecule has 0 saturated heterocycles. The van der Waals surface area contributed by atoms with E-state index >= 15 is 0 Å². The van der Waals surface area contributed by atoms with Crippen molar-refractivity contribution in [2.75, 3.05) is 26.4 Å². The second kappa shape index (κ2) is 55.8. The molecule has 408 valence electrons. The van der Waals surface area contributed by atoms with Crippen LogP contribution in [0.4, 0.5) is 0 Å². The Kier molecular flexibility index (Phi) is 54.6. The molecule has 69 heavy (non-hydrogen) atoms. The van der Waals surface area contributed by atoms with E-state index in [1.54, 1.807) is 0 Å². The van der Waals surface area contributed by atoms with E-state index in [1.807, 2.05) is 0 Å². The molecule has 10 heteroatoms. The SMILES string of the molecule is CCCCCCC/C=C\C/C=C\CCCCCCCCCCCCCCCCCCCCCCCC(=O)OC(COC(=O)CCCCCCCCCCCCCCCCC)COP(=O)(O)OCCN. The Morgan fingerprint density at radius 2 is 0.754 bits per heavy atom. The number of hydrogen-bond acceptors (Lipinski definition) is 8. The van der Waals surface area contributed by atoms with Crippen molar-refractivity contribution in [1.82, 2.24) is 0 Å². The van der Waals surface area contributed by atoms with Crippen LogP contribution in [0.3, 0.4) is 0 Å². The highest BCUT2D eigenvalue weighted by atomic mass is 31.2. The van der Waals surface area contributed by atoms with Crippen LogP contribution in [0.2, 0.25) is 0 Å². The zero-order chi connectivity index (χ0) is 50.2. The van der Waals surface area contributed by atoms with Crippen LogP contribution in [-0.4, -0.2) is 49.3 Å². The summed E-state index contributed by atoms with van der Waals surface area (Å²) in [7, 11) is -4.38. The van der Waals surface area contributed by atoms with Crippen molar-refractivity contribution >= 4 is 19.8 Å². The van der Waals surface area contributed by atoms with Crippen molar-refractivity contribution in [2.45, 2.75) is 315 Å². The molecule has 0 heterocycles. The molecule has 0 aromatic carbocycles. The van der Waals surface area contributed by atoms with Gasteiger partial charge in [-0.25, -0.2) is 4.57 Å². The number of esters is 2. The molecule has 0 bridgehead atoms. The number of hydrogen-bond donors (Lipinski definition) is 2. The fourth-order valence-electron chi connectivity index (χ4n) is 8.91. The topological polar surface area (TPSA) is 134 Å². The average Bonchev–Trinajstić information content (AvgIpc) is 3.34. The first-order valence-corrected chi connectivity index (χ1v) is 31.3. The summed E-state index contributed by atoms with van der Waals surface area (Å²) in [6.45, 7) is 3.79. The first kappa shape index (κ1) is 67.5. The van der Waals surface area contributed by atoms with Crippen LogP contribution in [0, 0.1) is 0 Å². The number of phosphoric ester groups is 1. The monoisotopic (exact) mass is 996 g/mol. The minimum absolute atomic E-state index is 0.0569. The molecule has 0 rings (SSSR count). The number of ether oxygens (including phenoxy) is 2. The van der Waals surface area contributed by atoms with Crippen LogP contribution >= 0.6 is 7.82 Å². The van der Waals surface area contributed by atoms with Crippen LogP contribution < -0.4 is 5.73 Å². The number of unbranched alkanes of at least 4 members (excludes halogenated alkanes) is 40. The van der Waals surface area contributed by atoms with Gasteiger partial charge in [0.05, 0.1) is 13.2 Å². The third-order valence-electron chi connectivity index (χ3n) is 13.3. The summed E-state index contributed by atoms with van der Waals surface area (Å²) in [6.07, 6.45) is 65.4. The van der Waals surface area contributed by atoms with Crippen molar-refractivity contribution in [2.24, 2.45) is 5.73 Å². The molecule has 0 radical (unpaired) electrons. The Morgan fingerprint density at radius 1 is 0.435 bits per heavy atom. The minimum Gasteiger partial charge on any atom is -0.462 e. The first-order chi connectivity index (χ1) is 33.8. The number of allylic oxidation sites excluding steroid dienone is 4. The molecule has 0 aromatic heterocycles. The fraction of sp³-hybridized carbons (Fsp3) is 0.898. The van der Waals surface area contributed by atoms with Gasteiger partial charge in [0.25, 0.3) is 0 Å². The summed E-state index contributed by atoms with van der Waals surface area (Å²) < 4.78 is 33.0. The van der Waals surface area contributed by atoms with E-state index in [4.69, 9.17) is 24.3 Å². The van der Waals surface area contributed by atoms with Crippen molar-refractivity contribution < 1.29 is 37.6 Å². The molecule has 2 atom stereocenters. The van der Waals surface area contributed by atoms with E-state index in [0.717, 1.165) is 38.5 Å². The standard InChI is InChI=1S/C59H114NO8P/c1-3-5-7-9-11-13-15-17-19-20-21-22-23-24-25-26-27-28-29-30-31-32-33-34-35-36-38-40-42-44-46-48-50-52-59(62)68-57(56-67-69(63,64)66-54-53-60)55-65-58(61)51-49-47-45-43-41-39-37-18-16-14-12-10-8-6-4-2/h15,17,20-21,57H,3-14,16,18-19,22-56,60H2,1-2H3,(H,63,64)/b17-15-,21-20-. The number of phosphoric acid groups is 1. The lowest BCUT2D eigenvalue weighted by molar-refractivity contribution is -0.161. The summed E-state index contributed by atoms with van der Waals surface area (Å²) >= 11 is 0. The van der Waals surface area contributed by atoms with Gasteiger partial charge >= 0.3 is 19.8 Å². The molecule has 0 fully saturated rings. The Labute approximate surface area is 427 Å². The van der Waals surface area contributed by atoms with E-state index < -0.39 is 26.5 Å². The van der Waals surface area contributed by atoms with Crippen LogP contribution in [0.5, 0.6) is 0 Å². The molecule has 0 aliphatic heterocycles. The van der Waals surface area contributed by atoms with Gasteiger partial charge in [-0.1, -0.05) is 276 Å². The molecule has 0 aliphatic carbocycles. The molecule has 0 saturated carbocycles. The predicted molar refractivity (Wildman–Crippen MR) is 294 cm³/mol. The molecule has 9 nitrogen and oxygen atoms in total. The van der Waals surface area contributed by atoms with E-state index in [-0.39, 0.29) is 38.6 Å². The number of carbonyl (C=O) groups is 2. The number of nitrogens with two attached hydrogens (primary N) is 1. The Balaban J connectivity index is 3.82. The molecule has 2 unspecified atom stereocenters. The van der Waals surface area contributed by atoms with Gasteiger partial charge in [0, 0.05) is 19.4 Å². The number of rotatable bonds is 57. The van der Waals surface area contributed by atoms with Gasteiger partial charge in [-0.05, 0) is 44.9 Å². The van der Waals surface area contributed by atoms with Gasteiger partial charge in [-0.2, -0.15) is 0 Å². The zero-order valence-electron chi connectivity index (χ0n) is 45.6. The van der Waals surface area contributed by atoms with Crippen LogP contribution in [0.15, 0.2) is 24.3 Å². The van der Waals surface area contributed by atoms with Crippen LogP contribution in [-0.2, 0) is 32.7 Å². The minimum atomic E-state index is -4.38. The molecule has 0 aliphatic rings. The van der Waals surface area contributed by atoms with Crippen molar-refractivity contribution in [3.05, 3.63) is 24.3 Å². The molecule has 0 amide bonds. The zero-order valence-corrected chi connectivity index (χ0v) is 46.5. The lowest BCUT2D eigenvalue weighted by atomic mass is 10.0. The van der Waals surface area contributed by atoms with Gasteiger partial charge in [-0.15, -0.1) is 0 Å². The highest BCUT2D eigenvalue weighted by molar-refractivity contribution is 7.47. The van der Waals surface area contributed by atoms with E-state index in [1.165, 1.54) is 238 Å². The molecule has 3 N–H and O–H groups in total.